The molecule has 1 heterocycles. The smallest absolute Gasteiger partial charge is 0.416 e. The molecule has 1 aliphatic rings. The van der Waals surface area contributed by atoms with Gasteiger partial charge >= 0.3 is 17.9 Å². The lowest BCUT2D eigenvalue weighted by atomic mass is 9.98. The minimum atomic E-state index is -4.46. The molecule has 2 aromatic rings. The van der Waals surface area contributed by atoms with E-state index in [1.165, 1.54) is 12.1 Å². The van der Waals surface area contributed by atoms with Crippen molar-refractivity contribution in [2.24, 2.45) is 4.99 Å². The van der Waals surface area contributed by atoms with Crippen LogP contribution in [0.2, 0.25) is 0 Å². The number of carbonyl (C=O) groups excluding carboxylic acids is 2. The average molecular weight is 375 g/mol. The van der Waals surface area contributed by atoms with Crippen molar-refractivity contribution in [3.63, 3.8) is 0 Å². The number of rotatable bonds is 6. The zero-order chi connectivity index (χ0) is 19.7. The number of hydrogen-bond donors (Lipinski definition) is 0. The fourth-order valence-electron chi connectivity index (χ4n) is 2.69. The van der Waals surface area contributed by atoms with Gasteiger partial charge in [-0.05, 0) is 18.6 Å². The van der Waals surface area contributed by atoms with Gasteiger partial charge in [-0.15, -0.1) is 0 Å². The Kier molecular flexibility index (Phi) is 4.87. The number of alkyl halides is 3. The van der Waals surface area contributed by atoms with E-state index in [1.807, 2.05) is 0 Å². The Morgan fingerprint density at radius 3 is 2.22 bits per heavy atom. The van der Waals surface area contributed by atoms with E-state index in [0.717, 1.165) is 12.1 Å². The van der Waals surface area contributed by atoms with Gasteiger partial charge in [-0.25, -0.2) is 4.99 Å². The number of ether oxygens (including phenoxy) is 1. The van der Waals surface area contributed by atoms with E-state index in [0.29, 0.717) is 17.5 Å². The lowest BCUT2D eigenvalue weighted by molar-refractivity contribution is -0.148. The van der Waals surface area contributed by atoms with Gasteiger partial charge < -0.3 is 4.74 Å². The fourth-order valence-corrected chi connectivity index (χ4v) is 2.69. The van der Waals surface area contributed by atoms with Gasteiger partial charge in [0.15, 0.2) is 0 Å². The third-order valence-electron chi connectivity index (χ3n) is 4.09. The maximum atomic E-state index is 12.9. The largest absolute Gasteiger partial charge is 0.423 e. The molecular formula is C20H16F3NO3. The van der Waals surface area contributed by atoms with E-state index >= 15 is 0 Å². The summed E-state index contributed by atoms with van der Waals surface area (Å²) in [4.78, 5) is 29.0. The van der Waals surface area contributed by atoms with Gasteiger partial charge in [-0.1, -0.05) is 49.4 Å². The molecule has 0 amide bonds. The SMILES string of the molecule is CCCC(=O)OC1(C(=O)c2ccccc2)N=C1c1ccc(C(F)(F)F)cc1. The van der Waals surface area contributed by atoms with Crippen LogP contribution in [0.1, 0.15) is 41.3 Å². The van der Waals surface area contributed by atoms with Crippen LogP contribution in [-0.4, -0.2) is 23.2 Å². The van der Waals surface area contributed by atoms with Crippen molar-refractivity contribution < 1.29 is 27.5 Å². The van der Waals surface area contributed by atoms with E-state index in [-0.39, 0.29) is 12.1 Å². The Hall–Kier alpha value is -2.96. The molecule has 140 valence electrons. The Morgan fingerprint density at radius 2 is 1.67 bits per heavy atom. The molecule has 2 aromatic carbocycles. The summed E-state index contributed by atoms with van der Waals surface area (Å²) in [6.07, 6.45) is -3.82. The first-order chi connectivity index (χ1) is 12.8. The first-order valence-electron chi connectivity index (χ1n) is 8.37. The summed E-state index contributed by atoms with van der Waals surface area (Å²) < 4.78 is 43.6. The van der Waals surface area contributed by atoms with Gasteiger partial charge in [0, 0.05) is 17.5 Å². The zero-order valence-electron chi connectivity index (χ0n) is 14.4. The Balaban J connectivity index is 1.90. The van der Waals surface area contributed by atoms with Crippen LogP contribution >= 0.6 is 0 Å². The van der Waals surface area contributed by atoms with E-state index in [2.05, 4.69) is 4.99 Å². The summed E-state index contributed by atoms with van der Waals surface area (Å²) in [5.41, 5.74) is -1.86. The van der Waals surface area contributed by atoms with Crippen molar-refractivity contribution in [3.05, 3.63) is 71.3 Å². The third kappa shape index (κ3) is 3.77. The first-order valence-corrected chi connectivity index (χ1v) is 8.37. The molecule has 0 saturated carbocycles. The maximum Gasteiger partial charge on any atom is 0.416 e. The monoisotopic (exact) mass is 375 g/mol. The Bertz CT molecular complexity index is 889. The van der Waals surface area contributed by atoms with Crippen LogP contribution in [0.4, 0.5) is 13.2 Å². The zero-order valence-corrected chi connectivity index (χ0v) is 14.4. The highest BCUT2D eigenvalue weighted by Crippen LogP contribution is 2.39. The maximum absolute atomic E-state index is 12.9. The second-order valence-corrected chi connectivity index (χ2v) is 6.10. The Labute approximate surface area is 153 Å². The minimum absolute atomic E-state index is 0.111. The predicted molar refractivity (Wildman–Crippen MR) is 92.5 cm³/mol. The van der Waals surface area contributed by atoms with Crippen LogP contribution < -0.4 is 0 Å². The average Bonchev–Trinajstić information content (AvgIpc) is 3.36. The number of hydrogen-bond acceptors (Lipinski definition) is 4. The molecule has 1 unspecified atom stereocenters. The molecule has 0 saturated heterocycles. The fraction of sp³-hybridized carbons (Fsp3) is 0.250. The number of nitrogens with zero attached hydrogens (tertiary/aromatic N) is 1. The Morgan fingerprint density at radius 1 is 1.04 bits per heavy atom. The summed E-state index contributed by atoms with van der Waals surface area (Å²) in [5.74, 6) is -1.12. The van der Waals surface area contributed by atoms with E-state index in [9.17, 15) is 22.8 Å². The van der Waals surface area contributed by atoms with Crippen LogP contribution in [0.3, 0.4) is 0 Å². The molecule has 0 aliphatic carbocycles. The number of halogens is 3. The van der Waals surface area contributed by atoms with Gasteiger partial charge in [-0.2, -0.15) is 13.2 Å². The predicted octanol–water partition coefficient (Wildman–Crippen LogP) is 4.43. The molecule has 3 rings (SSSR count). The highest BCUT2D eigenvalue weighted by Gasteiger charge is 2.58. The summed E-state index contributed by atoms with van der Waals surface area (Å²) >= 11 is 0. The van der Waals surface area contributed by atoms with Gasteiger partial charge in [0.2, 0.25) is 5.78 Å². The molecule has 0 radical (unpaired) electrons. The molecule has 1 aliphatic heterocycles. The molecule has 27 heavy (non-hydrogen) atoms. The number of benzene rings is 2. The molecule has 0 fully saturated rings. The second kappa shape index (κ2) is 6.98. The molecule has 0 spiro atoms. The van der Waals surface area contributed by atoms with Crippen molar-refractivity contribution in [1.29, 1.82) is 0 Å². The van der Waals surface area contributed by atoms with Crippen LogP contribution in [0, 0.1) is 0 Å². The first kappa shape index (κ1) is 18.8. The third-order valence-corrected chi connectivity index (χ3v) is 4.09. The van der Waals surface area contributed by atoms with Crippen molar-refractivity contribution in [2.45, 2.75) is 31.7 Å². The minimum Gasteiger partial charge on any atom is -0.423 e. The normalized spacial score (nSPS) is 18.6. The lowest BCUT2D eigenvalue weighted by Gasteiger charge is -2.16. The van der Waals surface area contributed by atoms with Gasteiger partial charge in [0.25, 0.3) is 0 Å². The van der Waals surface area contributed by atoms with Crippen LogP contribution in [0.15, 0.2) is 59.6 Å². The van der Waals surface area contributed by atoms with Crippen LogP contribution in [-0.2, 0) is 15.7 Å². The number of carbonyl (C=O) groups is 2. The van der Waals surface area contributed by atoms with E-state index in [4.69, 9.17) is 4.74 Å². The summed E-state index contributed by atoms with van der Waals surface area (Å²) in [7, 11) is 0. The van der Waals surface area contributed by atoms with Crippen molar-refractivity contribution in [1.82, 2.24) is 0 Å². The quantitative estimate of drug-likeness (QED) is 0.554. The lowest BCUT2D eigenvalue weighted by Crippen LogP contribution is -2.36. The molecular weight excluding hydrogens is 359 g/mol. The summed E-state index contributed by atoms with van der Waals surface area (Å²) in [6.45, 7) is 1.79. The topological polar surface area (TPSA) is 55.7 Å². The highest BCUT2D eigenvalue weighted by molar-refractivity contribution is 6.33. The number of aliphatic imine (C=N–C) groups is 1. The van der Waals surface area contributed by atoms with Crippen molar-refractivity contribution in [3.8, 4) is 0 Å². The summed E-state index contributed by atoms with van der Waals surface area (Å²) in [6, 6.07) is 12.4. The molecule has 0 aromatic heterocycles. The van der Waals surface area contributed by atoms with Gasteiger partial charge in [0.1, 0.15) is 5.71 Å². The summed E-state index contributed by atoms with van der Waals surface area (Å²) in [5, 5.41) is 0. The molecule has 0 N–H and O–H groups in total. The van der Waals surface area contributed by atoms with Crippen molar-refractivity contribution in [2.75, 3.05) is 0 Å². The van der Waals surface area contributed by atoms with Crippen LogP contribution in [0.5, 0.6) is 0 Å². The second-order valence-electron chi connectivity index (χ2n) is 6.10. The number of Topliss-reactive ketones (excluding diaryl/α,β-unsaturated/α-hetero) is 1. The van der Waals surface area contributed by atoms with E-state index < -0.39 is 29.2 Å². The van der Waals surface area contributed by atoms with E-state index in [1.54, 1.807) is 37.3 Å². The van der Waals surface area contributed by atoms with Crippen molar-refractivity contribution >= 4 is 17.5 Å². The highest BCUT2D eigenvalue weighted by atomic mass is 19.4. The standard InChI is InChI=1S/C20H16F3NO3/c1-2-6-16(25)27-19(18(26)14-7-4-3-5-8-14)17(24-19)13-9-11-15(12-10-13)20(21,22)23/h3-5,7-12H,2,6H2,1H3. The van der Waals surface area contributed by atoms with Crippen LogP contribution in [0.25, 0.3) is 0 Å². The molecule has 1 atom stereocenters. The number of ketones is 1. The molecule has 7 heteroatoms. The van der Waals surface area contributed by atoms with Gasteiger partial charge in [0.05, 0.1) is 5.56 Å². The number of esters is 1. The molecule has 4 nitrogen and oxygen atoms in total. The van der Waals surface area contributed by atoms with Gasteiger partial charge in [-0.3, -0.25) is 9.59 Å². The molecule has 0 bridgehead atoms.